The van der Waals surface area contributed by atoms with Crippen LogP contribution in [0.3, 0.4) is 0 Å². The zero-order valence-electron chi connectivity index (χ0n) is 17.9. The highest BCUT2D eigenvalue weighted by Crippen LogP contribution is 2.33. The number of nitrogens with one attached hydrogen (secondary N) is 2. The number of para-hydroxylation sites is 1. The number of amides is 1. The van der Waals surface area contributed by atoms with Gasteiger partial charge in [-0.1, -0.05) is 30.3 Å². The first-order valence-electron chi connectivity index (χ1n) is 10.9. The number of hydrogen-bond donors (Lipinski definition) is 2. The van der Waals surface area contributed by atoms with E-state index in [1.54, 1.807) is 7.11 Å². The Morgan fingerprint density at radius 1 is 1.17 bits per heavy atom. The summed E-state index contributed by atoms with van der Waals surface area (Å²) in [6.07, 6.45) is 5.17. The van der Waals surface area contributed by atoms with Gasteiger partial charge in [0.2, 0.25) is 5.91 Å². The third-order valence-corrected chi connectivity index (χ3v) is 6.39. The van der Waals surface area contributed by atoms with E-state index in [1.165, 1.54) is 22.0 Å². The topological polar surface area (TPSA) is 57.4 Å². The molecule has 0 bridgehead atoms. The van der Waals surface area contributed by atoms with E-state index in [4.69, 9.17) is 4.74 Å². The van der Waals surface area contributed by atoms with Gasteiger partial charge in [0.05, 0.1) is 13.2 Å². The summed E-state index contributed by atoms with van der Waals surface area (Å²) in [6.45, 7) is 4.59. The van der Waals surface area contributed by atoms with Crippen LogP contribution < -0.4 is 10.1 Å². The van der Waals surface area contributed by atoms with Gasteiger partial charge in [0, 0.05) is 23.6 Å². The zero-order chi connectivity index (χ0) is 20.9. The van der Waals surface area contributed by atoms with Gasteiger partial charge < -0.3 is 15.0 Å². The Morgan fingerprint density at radius 3 is 2.63 bits per heavy atom. The van der Waals surface area contributed by atoms with Crippen molar-refractivity contribution in [2.45, 2.75) is 38.1 Å². The monoisotopic (exact) mass is 405 g/mol. The van der Waals surface area contributed by atoms with E-state index in [0.29, 0.717) is 12.5 Å². The average Bonchev–Trinajstić information content (AvgIpc) is 3.23. The van der Waals surface area contributed by atoms with Gasteiger partial charge in [0.1, 0.15) is 5.75 Å². The minimum absolute atomic E-state index is 0.0928. The van der Waals surface area contributed by atoms with Crippen LogP contribution in [0, 0.1) is 0 Å². The molecule has 0 aliphatic carbocycles. The standard InChI is InChI=1S/C25H31N3O2/c1-18(25(29)26-14-11-19-7-9-21(30-2)10-8-19)28-15-12-20(13-16-28)23-17-27-24-6-4-3-5-22(23)24/h3-10,17-18,20,27H,11-16H2,1-2H3,(H,26,29). The summed E-state index contributed by atoms with van der Waals surface area (Å²) < 4.78 is 5.19. The minimum Gasteiger partial charge on any atom is -0.497 e. The highest BCUT2D eigenvalue weighted by Gasteiger charge is 2.28. The number of fused-ring (bicyclic) bond motifs is 1. The SMILES string of the molecule is COc1ccc(CCNC(=O)C(C)N2CCC(c3c[nH]c4ccccc34)CC2)cc1. The Labute approximate surface area is 178 Å². The lowest BCUT2D eigenvalue weighted by Crippen LogP contribution is -2.48. The molecule has 1 aliphatic rings. The van der Waals surface area contributed by atoms with E-state index in [0.717, 1.165) is 38.1 Å². The normalized spacial score (nSPS) is 16.5. The van der Waals surface area contributed by atoms with Crippen molar-refractivity contribution >= 4 is 16.8 Å². The second-order valence-electron chi connectivity index (χ2n) is 8.16. The van der Waals surface area contributed by atoms with E-state index < -0.39 is 0 Å². The first-order valence-corrected chi connectivity index (χ1v) is 10.9. The molecule has 158 valence electrons. The van der Waals surface area contributed by atoms with Gasteiger partial charge in [-0.25, -0.2) is 0 Å². The predicted octanol–water partition coefficient (Wildman–Crippen LogP) is 4.10. The lowest BCUT2D eigenvalue weighted by atomic mass is 9.88. The summed E-state index contributed by atoms with van der Waals surface area (Å²) in [7, 11) is 1.67. The number of aromatic nitrogens is 1. The Balaban J connectivity index is 1.25. The van der Waals surface area contributed by atoms with Crippen molar-refractivity contribution in [3.8, 4) is 5.75 Å². The number of ether oxygens (including phenoxy) is 1. The minimum atomic E-state index is -0.0928. The fraction of sp³-hybridized carbons (Fsp3) is 0.400. The van der Waals surface area contributed by atoms with E-state index >= 15 is 0 Å². The van der Waals surface area contributed by atoms with Crippen LogP contribution >= 0.6 is 0 Å². The summed E-state index contributed by atoms with van der Waals surface area (Å²) >= 11 is 0. The summed E-state index contributed by atoms with van der Waals surface area (Å²) in [5.74, 6) is 1.53. The second kappa shape index (κ2) is 9.35. The molecular formula is C25H31N3O2. The Morgan fingerprint density at radius 2 is 1.90 bits per heavy atom. The lowest BCUT2D eigenvalue weighted by molar-refractivity contribution is -0.126. The van der Waals surface area contributed by atoms with Gasteiger partial charge in [-0.3, -0.25) is 9.69 Å². The second-order valence-corrected chi connectivity index (χ2v) is 8.16. The third-order valence-electron chi connectivity index (χ3n) is 6.39. The van der Waals surface area contributed by atoms with Gasteiger partial charge in [0.15, 0.2) is 0 Å². The average molecular weight is 406 g/mol. The molecule has 3 aromatic rings. The first kappa shape index (κ1) is 20.5. The van der Waals surface area contributed by atoms with Gasteiger partial charge in [-0.05, 0) is 74.5 Å². The van der Waals surface area contributed by atoms with Crippen LogP contribution in [0.5, 0.6) is 5.75 Å². The van der Waals surface area contributed by atoms with Crippen LogP contribution in [0.15, 0.2) is 54.7 Å². The maximum absolute atomic E-state index is 12.6. The Bertz CT molecular complexity index is 971. The number of methoxy groups -OCH3 is 1. The van der Waals surface area contributed by atoms with Crippen LogP contribution in [0.4, 0.5) is 0 Å². The number of aromatic amines is 1. The van der Waals surface area contributed by atoms with E-state index in [1.807, 2.05) is 31.2 Å². The molecule has 4 rings (SSSR count). The van der Waals surface area contributed by atoms with Crippen LogP contribution in [0.2, 0.25) is 0 Å². The van der Waals surface area contributed by atoms with E-state index in [2.05, 4.69) is 45.7 Å². The van der Waals surface area contributed by atoms with Crippen molar-refractivity contribution in [3.05, 3.63) is 65.9 Å². The summed E-state index contributed by atoms with van der Waals surface area (Å²) in [5.41, 5.74) is 3.82. The molecule has 1 aromatic heterocycles. The van der Waals surface area contributed by atoms with Crippen LogP contribution in [0.1, 0.15) is 36.8 Å². The third kappa shape index (κ3) is 4.51. The van der Waals surface area contributed by atoms with Crippen LogP contribution in [-0.4, -0.2) is 48.6 Å². The van der Waals surface area contributed by atoms with E-state index in [-0.39, 0.29) is 11.9 Å². The smallest absolute Gasteiger partial charge is 0.237 e. The van der Waals surface area contributed by atoms with E-state index in [9.17, 15) is 4.79 Å². The van der Waals surface area contributed by atoms with Crippen LogP contribution in [0.25, 0.3) is 10.9 Å². The van der Waals surface area contributed by atoms with Gasteiger partial charge in [0.25, 0.3) is 0 Å². The number of carbonyl (C=O) groups is 1. The van der Waals surface area contributed by atoms with Crippen molar-refractivity contribution in [1.82, 2.24) is 15.2 Å². The van der Waals surface area contributed by atoms with Crippen LogP contribution in [-0.2, 0) is 11.2 Å². The van der Waals surface area contributed by atoms with Gasteiger partial charge in [-0.2, -0.15) is 0 Å². The number of rotatable bonds is 7. The Kier molecular flexibility index (Phi) is 6.38. The largest absolute Gasteiger partial charge is 0.497 e. The highest BCUT2D eigenvalue weighted by molar-refractivity contribution is 5.83. The highest BCUT2D eigenvalue weighted by atomic mass is 16.5. The van der Waals surface area contributed by atoms with Crippen molar-refractivity contribution in [3.63, 3.8) is 0 Å². The number of benzene rings is 2. The fourth-order valence-corrected chi connectivity index (χ4v) is 4.47. The molecular weight excluding hydrogens is 374 g/mol. The number of nitrogens with zero attached hydrogens (tertiary/aromatic N) is 1. The van der Waals surface area contributed by atoms with Crippen molar-refractivity contribution < 1.29 is 9.53 Å². The molecule has 5 nitrogen and oxygen atoms in total. The predicted molar refractivity (Wildman–Crippen MR) is 121 cm³/mol. The number of piperidine rings is 1. The summed E-state index contributed by atoms with van der Waals surface area (Å²) in [5, 5.41) is 4.44. The molecule has 1 amide bonds. The number of carbonyl (C=O) groups excluding carboxylic acids is 1. The molecule has 30 heavy (non-hydrogen) atoms. The fourth-order valence-electron chi connectivity index (χ4n) is 4.47. The summed E-state index contributed by atoms with van der Waals surface area (Å²) in [6, 6.07) is 16.4. The molecule has 1 saturated heterocycles. The molecule has 0 saturated carbocycles. The van der Waals surface area contributed by atoms with Crippen molar-refractivity contribution in [1.29, 1.82) is 0 Å². The molecule has 1 fully saturated rings. The molecule has 5 heteroatoms. The maximum atomic E-state index is 12.6. The number of hydrogen-bond acceptors (Lipinski definition) is 3. The molecule has 1 unspecified atom stereocenters. The molecule has 0 spiro atoms. The molecule has 2 aromatic carbocycles. The van der Waals surface area contributed by atoms with Gasteiger partial charge in [-0.15, -0.1) is 0 Å². The molecule has 2 heterocycles. The first-order chi connectivity index (χ1) is 14.7. The quantitative estimate of drug-likeness (QED) is 0.622. The molecule has 1 aliphatic heterocycles. The lowest BCUT2D eigenvalue weighted by Gasteiger charge is -2.35. The Hall–Kier alpha value is -2.79. The van der Waals surface area contributed by atoms with Gasteiger partial charge >= 0.3 is 0 Å². The zero-order valence-corrected chi connectivity index (χ0v) is 17.9. The summed E-state index contributed by atoms with van der Waals surface area (Å²) in [4.78, 5) is 18.3. The molecule has 1 atom stereocenters. The van der Waals surface area contributed by atoms with Crippen molar-refractivity contribution in [2.24, 2.45) is 0 Å². The van der Waals surface area contributed by atoms with Crippen molar-refractivity contribution in [2.75, 3.05) is 26.7 Å². The molecule has 2 N–H and O–H groups in total. The number of H-pyrrole nitrogens is 1. The number of likely N-dealkylation sites (tertiary alicyclic amines) is 1. The maximum Gasteiger partial charge on any atom is 0.237 e. The molecule has 0 radical (unpaired) electrons.